The first-order valence-electron chi connectivity index (χ1n) is 8.30. The molecule has 0 amide bonds. The fourth-order valence-electron chi connectivity index (χ4n) is 2.86. The molecule has 0 spiro atoms. The molecule has 0 heterocycles. The van der Waals surface area contributed by atoms with Crippen LogP contribution < -0.4 is 5.73 Å². The molecule has 0 aromatic heterocycles. The third-order valence-electron chi connectivity index (χ3n) is 4.31. The summed E-state index contributed by atoms with van der Waals surface area (Å²) in [5, 5.41) is 0. The van der Waals surface area contributed by atoms with Crippen molar-refractivity contribution in [2.75, 3.05) is 5.73 Å². The van der Waals surface area contributed by atoms with Crippen LogP contribution in [0.5, 0.6) is 0 Å². The minimum absolute atomic E-state index is 0.136. The second-order valence-corrected chi connectivity index (χ2v) is 8.25. The van der Waals surface area contributed by atoms with Crippen molar-refractivity contribution in [3.8, 4) is 11.1 Å². The lowest BCUT2D eigenvalue weighted by Gasteiger charge is -2.16. The summed E-state index contributed by atoms with van der Waals surface area (Å²) in [4.78, 5) is -1.74. The Morgan fingerprint density at radius 3 is 1.73 bits per heavy atom. The maximum Gasteiger partial charge on any atom is 0.416 e. The summed E-state index contributed by atoms with van der Waals surface area (Å²) >= 11 is 0. The average Bonchev–Trinajstić information content (AvgIpc) is 2.67. The highest BCUT2D eigenvalue weighted by molar-refractivity contribution is 7.91. The minimum Gasteiger partial charge on any atom is -0.397 e. The number of rotatable bonds is 3. The van der Waals surface area contributed by atoms with Gasteiger partial charge in [0.15, 0.2) is 0 Å². The van der Waals surface area contributed by atoms with Gasteiger partial charge in [0.1, 0.15) is 0 Å². The van der Waals surface area contributed by atoms with Crippen LogP contribution >= 0.6 is 0 Å². The fraction of sp³-hybridized carbons (Fsp3) is 0.100. The number of hydrogen-bond acceptors (Lipinski definition) is 3. The predicted molar refractivity (Wildman–Crippen MR) is 98.2 cm³/mol. The molecule has 0 aliphatic rings. The molecule has 30 heavy (non-hydrogen) atoms. The molecule has 0 aliphatic heterocycles. The van der Waals surface area contributed by atoms with Crippen molar-refractivity contribution in [3.63, 3.8) is 0 Å². The smallest absolute Gasteiger partial charge is 0.397 e. The summed E-state index contributed by atoms with van der Waals surface area (Å²) in [5.41, 5.74) is 3.04. The van der Waals surface area contributed by atoms with Crippen molar-refractivity contribution in [1.82, 2.24) is 0 Å². The zero-order valence-electron chi connectivity index (χ0n) is 14.9. The number of sulfone groups is 1. The summed E-state index contributed by atoms with van der Waals surface area (Å²) in [5.74, 6) is 0. The first kappa shape index (κ1) is 21.7. The van der Waals surface area contributed by atoms with Gasteiger partial charge in [0.2, 0.25) is 9.84 Å². The number of halogens is 6. The first-order valence-corrected chi connectivity index (χ1v) is 9.78. The van der Waals surface area contributed by atoms with Gasteiger partial charge in [-0.2, -0.15) is 26.3 Å². The Morgan fingerprint density at radius 1 is 0.700 bits per heavy atom. The molecular formula is C20H13F6NO2S. The number of nitrogens with two attached hydrogens (primary N) is 1. The maximum absolute atomic E-state index is 13.1. The largest absolute Gasteiger partial charge is 0.416 e. The Kier molecular flexibility index (Phi) is 5.32. The molecule has 3 aromatic rings. The van der Waals surface area contributed by atoms with Gasteiger partial charge in [0.05, 0.1) is 26.6 Å². The lowest BCUT2D eigenvalue weighted by molar-refractivity contribution is -0.143. The van der Waals surface area contributed by atoms with E-state index in [9.17, 15) is 34.8 Å². The van der Waals surface area contributed by atoms with Crippen LogP contribution in [-0.2, 0) is 22.2 Å². The number of alkyl halides is 6. The molecule has 0 bridgehead atoms. The van der Waals surface area contributed by atoms with Gasteiger partial charge < -0.3 is 5.73 Å². The quantitative estimate of drug-likeness (QED) is 0.409. The van der Waals surface area contributed by atoms with E-state index in [0.29, 0.717) is 5.56 Å². The van der Waals surface area contributed by atoms with Crippen molar-refractivity contribution < 1.29 is 34.8 Å². The first-order chi connectivity index (χ1) is 13.8. The molecule has 0 saturated carbocycles. The van der Waals surface area contributed by atoms with Gasteiger partial charge in [-0.05, 0) is 29.8 Å². The highest BCUT2D eigenvalue weighted by Gasteiger charge is 2.38. The van der Waals surface area contributed by atoms with Gasteiger partial charge in [0, 0.05) is 5.56 Å². The molecule has 0 fully saturated rings. The molecule has 3 nitrogen and oxygen atoms in total. The van der Waals surface area contributed by atoms with Gasteiger partial charge >= 0.3 is 12.4 Å². The monoisotopic (exact) mass is 445 g/mol. The molecule has 158 valence electrons. The van der Waals surface area contributed by atoms with Crippen LogP contribution in [0.2, 0.25) is 0 Å². The van der Waals surface area contributed by atoms with E-state index >= 15 is 0 Å². The van der Waals surface area contributed by atoms with Crippen LogP contribution in [0, 0.1) is 0 Å². The van der Waals surface area contributed by atoms with Gasteiger partial charge in [-0.15, -0.1) is 0 Å². The number of nitrogen functional groups attached to an aromatic ring is 1. The SMILES string of the molecule is Nc1c(-c2ccccc2)cccc1S(=O)(=O)c1cc(C(F)(F)F)cc(C(F)(F)F)c1. The lowest BCUT2D eigenvalue weighted by atomic mass is 10.0. The molecule has 3 rings (SSSR count). The minimum atomic E-state index is -5.18. The van der Waals surface area contributed by atoms with Crippen LogP contribution in [0.3, 0.4) is 0 Å². The number of anilines is 1. The van der Waals surface area contributed by atoms with Crippen LogP contribution in [0.15, 0.2) is 76.5 Å². The zero-order valence-corrected chi connectivity index (χ0v) is 15.7. The van der Waals surface area contributed by atoms with Gasteiger partial charge in [-0.25, -0.2) is 8.42 Å². The van der Waals surface area contributed by atoms with Crippen molar-refractivity contribution in [3.05, 3.63) is 77.9 Å². The normalized spacial score (nSPS) is 12.7. The lowest BCUT2D eigenvalue weighted by Crippen LogP contribution is -2.14. The highest BCUT2D eigenvalue weighted by atomic mass is 32.2. The van der Waals surface area contributed by atoms with Crippen molar-refractivity contribution in [1.29, 1.82) is 0 Å². The topological polar surface area (TPSA) is 60.2 Å². The van der Waals surface area contributed by atoms with Gasteiger partial charge in [0.25, 0.3) is 0 Å². The number of hydrogen-bond donors (Lipinski definition) is 1. The van der Waals surface area contributed by atoms with Gasteiger partial charge in [-0.3, -0.25) is 0 Å². The molecule has 2 N–H and O–H groups in total. The molecule has 0 saturated heterocycles. The fourth-order valence-corrected chi connectivity index (χ4v) is 4.33. The van der Waals surface area contributed by atoms with Crippen LogP contribution in [-0.4, -0.2) is 8.42 Å². The van der Waals surface area contributed by atoms with Crippen LogP contribution in [0.4, 0.5) is 32.0 Å². The van der Waals surface area contributed by atoms with E-state index in [1.54, 1.807) is 30.3 Å². The second kappa shape index (κ2) is 7.35. The van der Waals surface area contributed by atoms with E-state index in [1.165, 1.54) is 12.1 Å². The Hall–Kier alpha value is -3.01. The van der Waals surface area contributed by atoms with E-state index in [2.05, 4.69) is 0 Å². The second-order valence-electron chi connectivity index (χ2n) is 6.33. The summed E-state index contributed by atoms with van der Waals surface area (Å²) in [6, 6.07) is 12.3. The Balaban J connectivity index is 2.24. The molecule has 0 atom stereocenters. The summed E-state index contributed by atoms with van der Waals surface area (Å²) in [7, 11) is -4.79. The Labute approximate surface area is 167 Å². The van der Waals surface area contributed by atoms with E-state index in [-0.39, 0.29) is 29.4 Å². The molecule has 0 radical (unpaired) electrons. The Morgan fingerprint density at radius 2 is 1.23 bits per heavy atom. The van der Waals surface area contributed by atoms with E-state index < -0.39 is 43.1 Å². The molecular weight excluding hydrogens is 432 g/mol. The van der Waals surface area contributed by atoms with E-state index in [0.717, 1.165) is 6.07 Å². The molecule has 3 aromatic carbocycles. The average molecular weight is 445 g/mol. The zero-order chi connectivity index (χ0) is 22.3. The third-order valence-corrected chi connectivity index (χ3v) is 6.10. The predicted octanol–water partition coefficient (Wildman–Crippen LogP) is 5.81. The van der Waals surface area contributed by atoms with Crippen molar-refractivity contribution >= 4 is 15.5 Å². The number of benzene rings is 3. The maximum atomic E-state index is 13.1. The third kappa shape index (κ3) is 4.13. The number of para-hydroxylation sites is 1. The standard InChI is InChI=1S/C20H13F6NO2S/c21-19(22,23)13-9-14(20(24,25)26)11-15(10-13)30(28,29)17-8-4-7-16(18(17)27)12-5-2-1-3-6-12/h1-11H,27H2. The summed E-state index contributed by atoms with van der Waals surface area (Å²) in [6.07, 6.45) is -10.4. The van der Waals surface area contributed by atoms with E-state index in [4.69, 9.17) is 5.73 Å². The summed E-state index contributed by atoms with van der Waals surface area (Å²) in [6.45, 7) is 0. The Bertz CT molecular complexity index is 1150. The van der Waals surface area contributed by atoms with Crippen molar-refractivity contribution in [2.24, 2.45) is 0 Å². The molecule has 0 unspecified atom stereocenters. The highest BCUT2D eigenvalue weighted by Crippen LogP contribution is 2.40. The summed E-state index contributed by atoms with van der Waals surface area (Å²) < 4.78 is 105. The molecule has 10 heteroatoms. The van der Waals surface area contributed by atoms with Crippen molar-refractivity contribution in [2.45, 2.75) is 22.1 Å². The van der Waals surface area contributed by atoms with Gasteiger partial charge in [-0.1, -0.05) is 42.5 Å². The van der Waals surface area contributed by atoms with Crippen LogP contribution in [0.1, 0.15) is 11.1 Å². The van der Waals surface area contributed by atoms with E-state index in [1.807, 2.05) is 0 Å². The molecule has 0 aliphatic carbocycles. The van der Waals surface area contributed by atoms with Crippen LogP contribution in [0.25, 0.3) is 11.1 Å².